The highest BCUT2D eigenvalue weighted by molar-refractivity contribution is 9.10. The summed E-state index contributed by atoms with van der Waals surface area (Å²) in [5.74, 6) is -0.214. The topological polar surface area (TPSA) is 12.0 Å². The van der Waals surface area contributed by atoms with Crippen molar-refractivity contribution in [3.8, 4) is 0 Å². The molecule has 1 heterocycles. The molecule has 0 aliphatic rings. The van der Waals surface area contributed by atoms with Crippen LogP contribution in [0.15, 0.2) is 40.2 Å². The molecular weight excluding hydrogens is 301 g/mol. The van der Waals surface area contributed by atoms with Crippen molar-refractivity contribution in [1.29, 1.82) is 0 Å². The van der Waals surface area contributed by atoms with E-state index in [0.717, 1.165) is 16.6 Å². The Labute approximate surface area is 113 Å². The standard InChI is InChI=1S/C13H13BrFNS/c1-2-16-13(12-4-3-5-17-12)9-6-10(14)8-11(15)7-9/h3-8,13,16H,2H2,1H3. The van der Waals surface area contributed by atoms with Gasteiger partial charge in [-0.05, 0) is 41.8 Å². The molecular formula is C13H13BrFNS. The van der Waals surface area contributed by atoms with Gasteiger partial charge in [-0.1, -0.05) is 28.9 Å². The number of nitrogens with one attached hydrogen (secondary N) is 1. The van der Waals surface area contributed by atoms with E-state index in [1.165, 1.54) is 10.9 Å². The molecule has 0 saturated heterocycles. The molecule has 17 heavy (non-hydrogen) atoms. The monoisotopic (exact) mass is 313 g/mol. The summed E-state index contributed by atoms with van der Waals surface area (Å²) in [6.45, 7) is 2.89. The second-order valence-electron chi connectivity index (χ2n) is 3.71. The first-order chi connectivity index (χ1) is 8.20. The Bertz CT molecular complexity index is 464. The lowest BCUT2D eigenvalue weighted by Crippen LogP contribution is -2.21. The Morgan fingerprint density at radius 3 is 2.82 bits per heavy atom. The van der Waals surface area contributed by atoms with Gasteiger partial charge in [0.05, 0.1) is 6.04 Å². The Morgan fingerprint density at radius 1 is 1.41 bits per heavy atom. The third-order valence-electron chi connectivity index (χ3n) is 2.45. The summed E-state index contributed by atoms with van der Waals surface area (Å²) in [4.78, 5) is 1.20. The largest absolute Gasteiger partial charge is 0.306 e. The third kappa shape index (κ3) is 3.15. The second kappa shape index (κ2) is 5.76. The lowest BCUT2D eigenvalue weighted by atomic mass is 10.1. The summed E-state index contributed by atoms with van der Waals surface area (Å²) in [6, 6.07) is 9.15. The molecule has 1 aromatic heterocycles. The Morgan fingerprint density at radius 2 is 2.24 bits per heavy atom. The van der Waals surface area contributed by atoms with Crippen LogP contribution >= 0.6 is 27.3 Å². The highest BCUT2D eigenvalue weighted by atomic mass is 79.9. The Balaban J connectivity index is 2.38. The minimum absolute atomic E-state index is 0.0620. The quantitative estimate of drug-likeness (QED) is 0.885. The molecule has 1 unspecified atom stereocenters. The van der Waals surface area contributed by atoms with Crippen LogP contribution in [0.1, 0.15) is 23.4 Å². The highest BCUT2D eigenvalue weighted by Crippen LogP contribution is 2.28. The first kappa shape index (κ1) is 12.7. The van der Waals surface area contributed by atoms with Gasteiger partial charge in [0.25, 0.3) is 0 Å². The van der Waals surface area contributed by atoms with E-state index in [2.05, 4.69) is 34.2 Å². The van der Waals surface area contributed by atoms with E-state index in [0.29, 0.717) is 0 Å². The van der Waals surface area contributed by atoms with Crippen molar-refractivity contribution >= 4 is 27.3 Å². The third-order valence-corrected chi connectivity index (χ3v) is 3.85. The number of hydrogen-bond donors (Lipinski definition) is 1. The van der Waals surface area contributed by atoms with Crippen LogP contribution in [-0.2, 0) is 0 Å². The molecule has 0 spiro atoms. The lowest BCUT2D eigenvalue weighted by Gasteiger charge is -2.17. The predicted molar refractivity (Wildman–Crippen MR) is 73.9 cm³/mol. The molecule has 90 valence electrons. The SMILES string of the molecule is CCNC(c1cc(F)cc(Br)c1)c1cccs1. The molecule has 2 rings (SSSR count). The summed E-state index contributed by atoms with van der Waals surface area (Å²) in [6.07, 6.45) is 0. The van der Waals surface area contributed by atoms with Crippen molar-refractivity contribution < 1.29 is 4.39 Å². The van der Waals surface area contributed by atoms with Crippen LogP contribution in [-0.4, -0.2) is 6.54 Å². The van der Waals surface area contributed by atoms with Gasteiger partial charge in [0.15, 0.2) is 0 Å². The number of benzene rings is 1. The molecule has 4 heteroatoms. The molecule has 0 amide bonds. The fraction of sp³-hybridized carbons (Fsp3) is 0.231. The zero-order chi connectivity index (χ0) is 12.3. The minimum Gasteiger partial charge on any atom is -0.306 e. The van der Waals surface area contributed by atoms with Crippen molar-refractivity contribution in [2.24, 2.45) is 0 Å². The van der Waals surface area contributed by atoms with E-state index in [9.17, 15) is 4.39 Å². The molecule has 0 fully saturated rings. The molecule has 0 radical (unpaired) electrons. The minimum atomic E-state index is -0.214. The van der Waals surface area contributed by atoms with Crippen molar-refractivity contribution in [2.45, 2.75) is 13.0 Å². The molecule has 0 aliphatic heterocycles. The lowest BCUT2D eigenvalue weighted by molar-refractivity contribution is 0.606. The molecule has 0 saturated carbocycles. The molecule has 1 aromatic carbocycles. The summed E-state index contributed by atoms with van der Waals surface area (Å²) in [5, 5.41) is 5.41. The van der Waals surface area contributed by atoms with Gasteiger partial charge in [0.2, 0.25) is 0 Å². The fourth-order valence-electron chi connectivity index (χ4n) is 1.78. The number of rotatable bonds is 4. The Kier molecular flexibility index (Phi) is 4.31. The smallest absolute Gasteiger partial charge is 0.124 e. The molecule has 1 atom stereocenters. The Hall–Kier alpha value is -0.710. The molecule has 2 aromatic rings. The summed E-state index contributed by atoms with van der Waals surface area (Å²) < 4.78 is 14.2. The summed E-state index contributed by atoms with van der Waals surface area (Å²) in [5.41, 5.74) is 0.946. The second-order valence-corrected chi connectivity index (χ2v) is 5.60. The van der Waals surface area contributed by atoms with Gasteiger partial charge in [-0.3, -0.25) is 0 Å². The van der Waals surface area contributed by atoms with E-state index >= 15 is 0 Å². The fourth-order valence-corrected chi connectivity index (χ4v) is 3.09. The van der Waals surface area contributed by atoms with Crippen LogP contribution in [0.3, 0.4) is 0 Å². The maximum absolute atomic E-state index is 13.4. The molecule has 1 nitrogen and oxygen atoms in total. The van der Waals surface area contributed by atoms with Crippen molar-refractivity contribution in [3.05, 3.63) is 56.4 Å². The van der Waals surface area contributed by atoms with E-state index in [1.54, 1.807) is 17.4 Å². The van der Waals surface area contributed by atoms with E-state index < -0.39 is 0 Å². The van der Waals surface area contributed by atoms with Crippen molar-refractivity contribution in [2.75, 3.05) is 6.54 Å². The normalized spacial score (nSPS) is 12.6. The first-order valence-electron chi connectivity index (χ1n) is 5.43. The number of thiophene rings is 1. The van der Waals surface area contributed by atoms with E-state index in [1.807, 2.05) is 17.5 Å². The number of hydrogen-bond acceptors (Lipinski definition) is 2. The maximum Gasteiger partial charge on any atom is 0.124 e. The van der Waals surface area contributed by atoms with Crippen LogP contribution in [0.5, 0.6) is 0 Å². The van der Waals surface area contributed by atoms with E-state index in [-0.39, 0.29) is 11.9 Å². The zero-order valence-electron chi connectivity index (χ0n) is 9.41. The van der Waals surface area contributed by atoms with Gasteiger partial charge in [0, 0.05) is 9.35 Å². The van der Waals surface area contributed by atoms with Gasteiger partial charge in [0.1, 0.15) is 5.82 Å². The molecule has 1 N–H and O–H groups in total. The average Bonchev–Trinajstić information content (AvgIpc) is 2.77. The molecule has 0 bridgehead atoms. The van der Waals surface area contributed by atoms with E-state index in [4.69, 9.17) is 0 Å². The molecule has 0 aliphatic carbocycles. The van der Waals surface area contributed by atoms with Crippen LogP contribution in [0.25, 0.3) is 0 Å². The maximum atomic E-state index is 13.4. The highest BCUT2D eigenvalue weighted by Gasteiger charge is 2.15. The van der Waals surface area contributed by atoms with Crippen molar-refractivity contribution in [1.82, 2.24) is 5.32 Å². The van der Waals surface area contributed by atoms with Gasteiger partial charge < -0.3 is 5.32 Å². The van der Waals surface area contributed by atoms with Gasteiger partial charge in [-0.15, -0.1) is 11.3 Å². The summed E-state index contributed by atoms with van der Waals surface area (Å²) >= 11 is 5.01. The van der Waals surface area contributed by atoms with Crippen LogP contribution < -0.4 is 5.32 Å². The summed E-state index contributed by atoms with van der Waals surface area (Å²) in [7, 11) is 0. The average molecular weight is 314 g/mol. The van der Waals surface area contributed by atoms with Crippen LogP contribution in [0.4, 0.5) is 4.39 Å². The van der Waals surface area contributed by atoms with Crippen LogP contribution in [0, 0.1) is 5.82 Å². The van der Waals surface area contributed by atoms with Crippen LogP contribution in [0.2, 0.25) is 0 Å². The van der Waals surface area contributed by atoms with Gasteiger partial charge in [-0.25, -0.2) is 4.39 Å². The zero-order valence-corrected chi connectivity index (χ0v) is 11.8. The van der Waals surface area contributed by atoms with Gasteiger partial charge in [-0.2, -0.15) is 0 Å². The predicted octanol–water partition coefficient (Wildman–Crippen LogP) is 4.35. The first-order valence-corrected chi connectivity index (χ1v) is 7.10. The van der Waals surface area contributed by atoms with Gasteiger partial charge >= 0.3 is 0 Å². The number of halogens is 2. The van der Waals surface area contributed by atoms with Crippen molar-refractivity contribution in [3.63, 3.8) is 0 Å².